The van der Waals surface area contributed by atoms with E-state index in [0.29, 0.717) is 0 Å². The third-order valence-electron chi connectivity index (χ3n) is 4.84. The molecule has 15 heteroatoms. The molecule has 4 fully saturated rings. The maximum atomic E-state index is 2.87. The topological polar surface area (TPSA) is 0 Å². The lowest BCUT2D eigenvalue weighted by molar-refractivity contribution is 0.230. The van der Waals surface area contributed by atoms with Crippen molar-refractivity contribution in [2.45, 2.75) is 18.8 Å². The van der Waals surface area contributed by atoms with Crippen molar-refractivity contribution in [2.24, 2.45) is 0 Å². The van der Waals surface area contributed by atoms with Crippen LogP contribution in [0.15, 0.2) is 0 Å². The molecule has 4 rings (SSSR count). The third-order valence-corrected chi connectivity index (χ3v) is 48.5. The highest BCUT2D eigenvalue weighted by atomic mass is 127. The van der Waals surface area contributed by atoms with Gasteiger partial charge in [-0.15, -0.1) is 0 Å². The lowest BCUT2D eigenvalue weighted by Crippen LogP contribution is -2.99. The first kappa shape index (κ1) is 30.5. The van der Waals surface area contributed by atoms with Crippen LogP contribution in [-0.4, -0.2) is 18.8 Å². The van der Waals surface area contributed by atoms with Gasteiger partial charge in [-0.2, -0.15) is 0 Å². The Morgan fingerprint density at radius 2 is 0.480 bits per heavy atom. The minimum Gasteiger partial charge on any atom is -0.0717 e. The van der Waals surface area contributed by atoms with Crippen molar-refractivity contribution in [3.05, 3.63) is 5.92 Å². The normalized spacial score (nSPS) is 50.0. The van der Waals surface area contributed by atoms with E-state index >= 15 is 0 Å². The minimum atomic E-state index is 0.0612. The second kappa shape index (κ2) is 8.72. The molecule has 0 amide bonds. The van der Waals surface area contributed by atoms with Crippen LogP contribution in [-0.2, 0) is 0 Å². The van der Waals surface area contributed by atoms with Crippen molar-refractivity contribution in [3.8, 4) is 0 Å². The fourth-order valence-electron chi connectivity index (χ4n) is 3.59. The van der Waals surface area contributed by atoms with E-state index in [2.05, 4.69) is 339 Å². The summed E-state index contributed by atoms with van der Waals surface area (Å²) in [4.78, 5) is 0. The van der Waals surface area contributed by atoms with Crippen LogP contribution in [0.3, 0.4) is 0 Å². The smallest absolute Gasteiger partial charge is 0.0717 e. The molecule has 0 aromatic heterocycles. The van der Waals surface area contributed by atoms with Crippen molar-refractivity contribution in [3.63, 3.8) is 0 Å². The fourth-order valence-corrected chi connectivity index (χ4v) is 52.6. The van der Waals surface area contributed by atoms with Crippen molar-refractivity contribution in [1.29, 1.82) is 0 Å². The first-order valence-electron chi connectivity index (χ1n) is 5.83. The summed E-state index contributed by atoms with van der Waals surface area (Å²) in [7, 11) is 0. The number of rotatable bonds is 0. The van der Waals surface area contributed by atoms with Gasteiger partial charge in [-0.1, -0.05) is 339 Å². The number of hydrogen-bond acceptors (Lipinski definition) is 0. The molecule has 4 bridgehead atoms. The highest BCUT2D eigenvalue weighted by molar-refractivity contribution is 14.2. The van der Waals surface area contributed by atoms with Gasteiger partial charge in [0.05, 0.1) is 16.2 Å². The monoisotopic (exact) mass is 2020 g/mol. The molecule has 145 valence electrons. The maximum absolute atomic E-state index is 2.87. The second-order valence-corrected chi connectivity index (χ2v) is 42.5. The van der Waals surface area contributed by atoms with Crippen LogP contribution in [0.2, 0.25) is 0 Å². The van der Waals surface area contributed by atoms with Gasteiger partial charge in [0.2, 0.25) is 0 Å². The molecule has 4 aliphatic rings. The first-order chi connectivity index (χ1) is 10.6. The zero-order chi connectivity index (χ0) is 20.1. The van der Waals surface area contributed by atoms with Crippen molar-refractivity contribution >= 4 is 339 Å². The van der Waals surface area contributed by atoms with Gasteiger partial charge in [-0.25, -0.2) is 0 Å². The van der Waals surface area contributed by atoms with E-state index in [-0.39, 0.29) is 18.8 Å². The third kappa shape index (κ3) is 3.14. The van der Waals surface area contributed by atoms with Gasteiger partial charge in [-0.3, -0.25) is 0 Å². The zero-order valence-corrected chi connectivity index (χ0v) is 43.0. The van der Waals surface area contributed by atoms with Gasteiger partial charge in [0.25, 0.3) is 0 Å². The minimum absolute atomic E-state index is 0.0612. The Morgan fingerprint density at radius 1 is 0.320 bits per heavy atom. The molecule has 0 spiro atoms. The van der Waals surface area contributed by atoms with Crippen molar-refractivity contribution < 1.29 is 0 Å². The molecular formula is C10I15. The number of alkyl halides is 15. The molecule has 0 heterocycles. The Bertz CT molecular complexity index is 551. The highest BCUT2D eigenvalue weighted by Crippen LogP contribution is 2.98. The first-order valence-corrected chi connectivity index (χ1v) is 22.0. The molecule has 0 atom stereocenters. The fraction of sp³-hybridized carbons (Fsp3) is 0.900. The molecule has 4 saturated carbocycles. The molecule has 0 aromatic rings. The Labute approximate surface area is 352 Å². The van der Waals surface area contributed by atoms with E-state index < -0.39 is 0 Å². The van der Waals surface area contributed by atoms with Crippen LogP contribution in [0.1, 0.15) is 0 Å². The molecule has 0 nitrogen and oxygen atoms in total. The number of halogens is 15. The summed E-state index contributed by atoms with van der Waals surface area (Å²) < 4.78 is 0.682. The largest absolute Gasteiger partial charge is 0.111 e. The van der Waals surface area contributed by atoms with E-state index in [1.54, 1.807) is 5.92 Å². The van der Waals surface area contributed by atoms with Crippen molar-refractivity contribution in [2.75, 3.05) is 0 Å². The summed E-state index contributed by atoms with van der Waals surface area (Å²) in [6.45, 7) is 0. The Balaban J connectivity index is 2.64. The average Bonchev–Trinajstić information content (AvgIpc) is 2.38. The molecule has 0 unspecified atom stereocenters. The van der Waals surface area contributed by atoms with Crippen LogP contribution in [0.5, 0.6) is 0 Å². The SMILES string of the molecule is IC1(I)[C]2C(I)(I)C3(I)C(I)(I)C1(I)C(I)(I)C(I)(C2(I)I)C3(I)I. The van der Waals surface area contributed by atoms with Crippen LogP contribution in [0, 0.1) is 5.92 Å². The zero-order valence-electron chi connectivity index (χ0n) is 10.7. The molecule has 0 N–H and O–H groups in total. The van der Waals surface area contributed by atoms with Crippen LogP contribution < -0.4 is 0 Å². The van der Waals surface area contributed by atoms with E-state index in [0.717, 1.165) is 0 Å². The molecule has 1 radical (unpaired) electrons. The van der Waals surface area contributed by atoms with Crippen LogP contribution in [0.25, 0.3) is 0 Å². The van der Waals surface area contributed by atoms with Gasteiger partial charge in [-0.05, 0) is 0 Å². The molecule has 4 aliphatic carbocycles. The number of hydrogen-bond donors (Lipinski definition) is 0. The summed E-state index contributed by atoms with van der Waals surface area (Å²) in [6, 6.07) is 0. The highest BCUT2D eigenvalue weighted by Gasteiger charge is 3.02. The van der Waals surface area contributed by atoms with Gasteiger partial charge in [0, 0.05) is 0 Å². The van der Waals surface area contributed by atoms with E-state index in [1.807, 2.05) is 0 Å². The van der Waals surface area contributed by atoms with Gasteiger partial charge in [0.15, 0.2) is 0 Å². The van der Waals surface area contributed by atoms with Crippen LogP contribution in [0.4, 0.5) is 0 Å². The molecule has 0 aliphatic heterocycles. The predicted molar refractivity (Wildman–Crippen MR) is 238 cm³/mol. The lowest BCUT2D eigenvalue weighted by atomic mass is 9.55. The van der Waals surface area contributed by atoms with E-state index in [4.69, 9.17) is 0 Å². The standard InChI is InChI=1S/C10I15/c11-2(12)1-3(13,14)6(18)8(20,21)5(2,17)9(22,23)7(19,4(1,15)16)10(6,24)25. The quantitative estimate of drug-likeness (QED) is 0.168. The predicted octanol–water partition coefficient (Wildman–Crippen LogP) is 11.5. The average molecular weight is 2020 g/mol. The van der Waals surface area contributed by atoms with Crippen LogP contribution >= 0.6 is 339 Å². The summed E-state index contributed by atoms with van der Waals surface area (Å²) in [5.74, 6) is 1.70. The summed E-state index contributed by atoms with van der Waals surface area (Å²) >= 11 is 42.3. The Hall–Kier alpha value is 11.0. The van der Waals surface area contributed by atoms with E-state index in [9.17, 15) is 0 Å². The Kier molecular flexibility index (Phi) is 10.6. The van der Waals surface area contributed by atoms with Gasteiger partial charge >= 0.3 is 0 Å². The van der Waals surface area contributed by atoms with Gasteiger partial charge < -0.3 is 0 Å². The Morgan fingerprint density at radius 3 is 0.640 bits per heavy atom. The van der Waals surface area contributed by atoms with Gasteiger partial charge in [0.1, 0.15) is 8.57 Å². The second-order valence-electron chi connectivity index (χ2n) is 5.80. The molecule has 0 aromatic carbocycles. The summed E-state index contributed by atoms with van der Waals surface area (Å²) in [6.07, 6.45) is 0. The van der Waals surface area contributed by atoms with Crippen molar-refractivity contribution in [1.82, 2.24) is 0 Å². The molecule has 25 heavy (non-hydrogen) atoms. The lowest BCUT2D eigenvalue weighted by Gasteiger charge is -2.86. The molecular weight excluding hydrogens is 2020 g/mol. The maximum Gasteiger partial charge on any atom is 0.111 e. The summed E-state index contributed by atoms with van der Waals surface area (Å²) in [5.41, 5.74) is 0. The summed E-state index contributed by atoms with van der Waals surface area (Å²) in [5, 5.41) is 0. The molecule has 0 saturated heterocycles. The van der Waals surface area contributed by atoms with E-state index in [1.165, 1.54) is 0 Å².